The van der Waals surface area contributed by atoms with Gasteiger partial charge in [0.05, 0.1) is 6.61 Å². The van der Waals surface area contributed by atoms with E-state index in [1.54, 1.807) is 0 Å². The molecule has 0 spiro atoms. The maximum Gasteiger partial charge on any atom is 0.251 e. The molecule has 9 nitrogen and oxygen atoms in total. The summed E-state index contributed by atoms with van der Waals surface area (Å²) >= 11 is 0. The third-order valence-corrected chi connectivity index (χ3v) is 8.26. The second-order valence-electron chi connectivity index (χ2n) is 12.3. The van der Waals surface area contributed by atoms with E-state index in [0.717, 1.165) is 30.6 Å². The van der Waals surface area contributed by atoms with Crippen molar-refractivity contribution >= 4 is 11.8 Å². The Morgan fingerprint density at radius 3 is 1.57 bits per heavy atom. The Balaban J connectivity index is 3.85. The largest absolute Gasteiger partial charge is 0.394 e. The molecule has 2 amide bonds. The van der Waals surface area contributed by atoms with E-state index in [-0.39, 0.29) is 19.0 Å². The zero-order valence-electron chi connectivity index (χ0n) is 26.0. The molecule has 0 aliphatic carbocycles. The van der Waals surface area contributed by atoms with E-state index in [1.807, 2.05) is 0 Å². The van der Waals surface area contributed by atoms with Crippen LogP contribution < -0.4 is 10.6 Å². The number of hydrogen-bond acceptors (Lipinski definition) is 7. The Morgan fingerprint density at radius 1 is 0.625 bits per heavy atom. The minimum atomic E-state index is -1.98. The number of aliphatic hydroxyl groups is 5. The highest BCUT2D eigenvalue weighted by atomic mass is 16.4. The van der Waals surface area contributed by atoms with Crippen LogP contribution in [0.3, 0.4) is 0 Å². The molecular weight excluding hydrogens is 512 g/mol. The van der Waals surface area contributed by atoms with Gasteiger partial charge in [-0.25, -0.2) is 0 Å². The Kier molecular flexibility index (Phi) is 22.6. The van der Waals surface area contributed by atoms with Crippen molar-refractivity contribution in [3.8, 4) is 0 Å². The van der Waals surface area contributed by atoms with Crippen molar-refractivity contribution in [2.45, 2.75) is 143 Å². The molecule has 238 valence electrons. The molecule has 0 bridgehead atoms. The van der Waals surface area contributed by atoms with Gasteiger partial charge in [-0.2, -0.15) is 0 Å². The summed E-state index contributed by atoms with van der Waals surface area (Å²) < 4.78 is 0. The van der Waals surface area contributed by atoms with Gasteiger partial charge in [0.1, 0.15) is 18.3 Å². The number of hydrogen-bond donors (Lipinski definition) is 7. The summed E-state index contributed by atoms with van der Waals surface area (Å²) in [4.78, 5) is 24.0. The lowest BCUT2D eigenvalue weighted by Crippen LogP contribution is -2.52. The van der Waals surface area contributed by atoms with Gasteiger partial charge in [-0.1, -0.05) is 105 Å². The normalized spacial score (nSPS) is 17.8. The van der Waals surface area contributed by atoms with Gasteiger partial charge < -0.3 is 36.2 Å². The average Bonchev–Trinajstić information content (AvgIpc) is 2.94. The fraction of sp³-hybridized carbons (Fsp3) is 0.935. The van der Waals surface area contributed by atoms with Crippen LogP contribution in [0.5, 0.6) is 0 Å². The van der Waals surface area contributed by atoms with Gasteiger partial charge >= 0.3 is 0 Å². The van der Waals surface area contributed by atoms with Crippen molar-refractivity contribution in [3.05, 3.63) is 0 Å². The second kappa shape index (κ2) is 23.3. The van der Waals surface area contributed by atoms with Gasteiger partial charge in [0.25, 0.3) is 5.91 Å². The number of aliphatic hydroxyl groups excluding tert-OH is 5. The molecule has 0 aromatic heterocycles. The van der Waals surface area contributed by atoms with Crippen molar-refractivity contribution < 1.29 is 35.1 Å². The van der Waals surface area contributed by atoms with E-state index in [4.69, 9.17) is 5.11 Å². The van der Waals surface area contributed by atoms with Crippen molar-refractivity contribution in [1.82, 2.24) is 10.6 Å². The van der Waals surface area contributed by atoms with Crippen LogP contribution in [0.15, 0.2) is 0 Å². The molecule has 0 rings (SSSR count). The van der Waals surface area contributed by atoms with Crippen LogP contribution in [0.25, 0.3) is 0 Å². The molecule has 9 heteroatoms. The number of unbranched alkanes of at least 4 members (excludes halogenated alkanes) is 1. The maximum absolute atomic E-state index is 12.1. The van der Waals surface area contributed by atoms with E-state index in [2.05, 4.69) is 45.3 Å². The molecule has 0 aromatic carbocycles. The molecule has 0 aromatic rings. The van der Waals surface area contributed by atoms with Gasteiger partial charge in [-0.3, -0.25) is 9.59 Å². The van der Waals surface area contributed by atoms with E-state index < -0.39 is 36.9 Å². The first-order chi connectivity index (χ1) is 18.9. The highest BCUT2D eigenvalue weighted by molar-refractivity contribution is 5.81. The fourth-order valence-corrected chi connectivity index (χ4v) is 4.89. The van der Waals surface area contributed by atoms with Crippen LogP contribution in [-0.2, 0) is 9.59 Å². The molecule has 0 aliphatic rings. The molecule has 4 unspecified atom stereocenters. The molecule has 7 N–H and O–H groups in total. The zero-order valence-corrected chi connectivity index (χ0v) is 26.0. The summed E-state index contributed by atoms with van der Waals surface area (Å²) in [5.41, 5.74) is 0. The fourth-order valence-electron chi connectivity index (χ4n) is 4.89. The first-order valence-electron chi connectivity index (χ1n) is 15.8. The van der Waals surface area contributed by atoms with E-state index in [0.29, 0.717) is 12.3 Å². The van der Waals surface area contributed by atoms with E-state index in [9.17, 15) is 30.0 Å². The second-order valence-corrected chi connectivity index (χ2v) is 12.3. The number of nitrogens with one attached hydrogen (secondary N) is 2. The summed E-state index contributed by atoms with van der Waals surface area (Å²) in [6.07, 6.45) is 7.96. The van der Waals surface area contributed by atoms with Crippen molar-refractivity contribution in [2.75, 3.05) is 19.7 Å². The summed E-state index contributed by atoms with van der Waals surface area (Å²) in [7, 11) is 0. The summed E-state index contributed by atoms with van der Waals surface area (Å²) in [5, 5.41) is 52.2. The lowest BCUT2D eigenvalue weighted by molar-refractivity contribution is -0.148. The molecule has 8 atom stereocenters. The highest BCUT2D eigenvalue weighted by Gasteiger charge is 2.33. The number of carbonyl (C=O) groups is 2. The Labute approximate surface area is 243 Å². The Bertz CT molecular complexity index is 651. The third kappa shape index (κ3) is 19.0. The van der Waals surface area contributed by atoms with Crippen molar-refractivity contribution in [2.24, 2.45) is 23.7 Å². The van der Waals surface area contributed by atoms with Crippen LogP contribution in [0, 0.1) is 23.7 Å². The maximum atomic E-state index is 12.1. The Hall–Kier alpha value is -1.26. The van der Waals surface area contributed by atoms with Gasteiger partial charge in [0, 0.05) is 19.5 Å². The lowest BCUT2D eigenvalue weighted by atomic mass is 9.91. The number of amides is 2. The van der Waals surface area contributed by atoms with Gasteiger partial charge in [-0.05, 0) is 30.1 Å². The van der Waals surface area contributed by atoms with Crippen molar-refractivity contribution in [1.29, 1.82) is 0 Å². The number of rotatable bonds is 25. The predicted octanol–water partition coefficient (Wildman–Crippen LogP) is 3.29. The SMILES string of the molecule is CCC(C)CCCC(C)CCCCC(C)CCCC(C)CCC(=O)NCCNC(=O)[C@H](O)[C@@H](O)[C@H](O)[C@H](O)CO. The quantitative estimate of drug-likeness (QED) is 0.0824. The third-order valence-electron chi connectivity index (χ3n) is 8.26. The minimum Gasteiger partial charge on any atom is -0.394 e. The van der Waals surface area contributed by atoms with Gasteiger partial charge in [-0.15, -0.1) is 0 Å². The van der Waals surface area contributed by atoms with Crippen LogP contribution in [-0.4, -0.2) is 81.5 Å². The minimum absolute atomic E-state index is 0.0393. The molecule has 0 heterocycles. The zero-order chi connectivity index (χ0) is 30.5. The van der Waals surface area contributed by atoms with Crippen molar-refractivity contribution in [3.63, 3.8) is 0 Å². The monoisotopic (exact) mass is 574 g/mol. The van der Waals surface area contributed by atoms with E-state index in [1.165, 1.54) is 64.2 Å². The van der Waals surface area contributed by atoms with Crippen LogP contribution in [0.4, 0.5) is 0 Å². The first-order valence-corrected chi connectivity index (χ1v) is 15.8. The molecule has 0 aliphatic heterocycles. The van der Waals surface area contributed by atoms with E-state index >= 15 is 0 Å². The molecule has 0 radical (unpaired) electrons. The number of carbonyl (C=O) groups excluding carboxylic acids is 2. The Morgan fingerprint density at radius 2 is 1.07 bits per heavy atom. The molecule has 0 fully saturated rings. The van der Waals surface area contributed by atoms with Gasteiger partial charge in [0.15, 0.2) is 6.10 Å². The van der Waals surface area contributed by atoms with Crippen LogP contribution >= 0.6 is 0 Å². The summed E-state index contributed by atoms with van der Waals surface area (Å²) in [6, 6.07) is 0. The smallest absolute Gasteiger partial charge is 0.251 e. The summed E-state index contributed by atoms with van der Waals surface area (Å²) in [6.45, 7) is 10.9. The standard InChI is InChI=1S/C31H62N2O7/c1-6-22(2)13-9-14-23(3)11-7-8-12-24(4)15-10-16-25(5)17-18-27(36)32-19-20-33-31(40)30(39)29(38)28(37)26(35)21-34/h22-26,28-30,34-35,37-39H,6-21H2,1-5H3,(H,32,36)(H,33,40)/t22?,23?,24?,25?,26-,28-,29+,30-/m1/s1. The summed E-state index contributed by atoms with van der Waals surface area (Å²) in [5.74, 6) is 1.86. The molecular formula is C31H62N2O7. The average molecular weight is 575 g/mol. The van der Waals surface area contributed by atoms with Crippen LogP contribution in [0.2, 0.25) is 0 Å². The highest BCUT2D eigenvalue weighted by Crippen LogP contribution is 2.23. The lowest BCUT2D eigenvalue weighted by Gasteiger charge is -2.24. The van der Waals surface area contributed by atoms with Crippen LogP contribution in [0.1, 0.15) is 118 Å². The molecule has 0 saturated carbocycles. The predicted molar refractivity (Wildman–Crippen MR) is 159 cm³/mol. The topological polar surface area (TPSA) is 159 Å². The molecule has 0 saturated heterocycles. The van der Waals surface area contributed by atoms with Gasteiger partial charge in [0.2, 0.25) is 5.91 Å². The first kappa shape index (κ1) is 38.7. The molecule has 40 heavy (non-hydrogen) atoms.